The van der Waals surface area contributed by atoms with Crippen molar-refractivity contribution in [3.8, 4) is 11.5 Å². The third-order valence-electron chi connectivity index (χ3n) is 3.37. The number of thioether (sulfide) groups is 1. The van der Waals surface area contributed by atoms with Gasteiger partial charge in [0.25, 0.3) is 11.1 Å². The van der Waals surface area contributed by atoms with Crippen LogP contribution >= 0.6 is 11.8 Å². The van der Waals surface area contributed by atoms with Crippen molar-refractivity contribution in [1.82, 2.24) is 10.2 Å². The second kappa shape index (κ2) is 8.82. The first-order chi connectivity index (χ1) is 12.8. The van der Waals surface area contributed by atoms with Crippen LogP contribution in [0.5, 0.6) is 0 Å². The van der Waals surface area contributed by atoms with Gasteiger partial charge in [-0.3, -0.25) is 4.79 Å². The van der Waals surface area contributed by atoms with Crippen LogP contribution in [0, 0.1) is 0 Å². The number of carbonyl (C=O) groups excluding carboxylic acids is 1. The number of hydrogen-bond donors (Lipinski definition) is 1. The summed E-state index contributed by atoms with van der Waals surface area (Å²) < 4.78 is 5.65. The molecule has 0 unspecified atom stereocenters. The lowest BCUT2D eigenvalue weighted by Crippen LogP contribution is -2.08. The van der Waals surface area contributed by atoms with Gasteiger partial charge in [-0.1, -0.05) is 60.3 Å². The van der Waals surface area contributed by atoms with E-state index in [9.17, 15) is 4.79 Å². The molecule has 1 aromatic heterocycles. The maximum Gasteiger partial charge on any atom is 0.277 e. The summed E-state index contributed by atoms with van der Waals surface area (Å²) in [6, 6.07) is 16.9. The van der Waals surface area contributed by atoms with Gasteiger partial charge in [0.1, 0.15) is 0 Å². The van der Waals surface area contributed by atoms with Crippen LogP contribution in [-0.2, 0) is 4.79 Å². The molecule has 0 bridgehead atoms. The van der Waals surface area contributed by atoms with E-state index in [1.807, 2.05) is 48.5 Å². The fraction of sp³-hybridized carbons (Fsp3) is 0.0500. The van der Waals surface area contributed by atoms with Gasteiger partial charge in [0, 0.05) is 11.8 Å². The van der Waals surface area contributed by atoms with E-state index in [0.29, 0.717) is 28.1 Å². The van der Waals surface area contributed by atoms with E-state index in [-0.39, 0.29) is 5.91 Å². The molecule has 0 saturated heterocycles. The fourth-order valence-corrected chi connectivity index (χ4v) is 2.69. The van der Waals surface area contributed by atoms with Gasteiger partial charge in [-0.15, -0.1) is 16.8 Å². The van der Waals surface area contributed by atoms with Gasteiger partial charge < -0.3 is 9.73 Å². The van der Waals surface area contributed by atoms with Crippen LogP contribution in [-0.4, -0.2) is 21.9 Å². The van der Waals surface area contributed by atoms with E-state index in [1.165, 1.54) is 17.8 Å². The predicted molar refractivity (Wildman–Crippen MR) is 105 cm³/mol. The minimum absolute atomic E-state index is 0.234. The number of amides is 1. The zero-order valence-electron chi connectivity index (χ0n) is 14.0. The van der Waals surface area contributed by atoms with Gasteiger partial charge >= 0.3 is 0 Å². The quantitative estimate of drug-likeness (QED) is 0.375. The van der Waals surface area contributed by atoms with Gasteiger partial charge in [0.15, 0.2) is 0 Å². The molecule has 0 aliphatic heterocycles. The standard InChI is InChI=1S/C20H17N3O2S/c1-2-14-26-20-23-22-19(25-20)16-10-6-7-11-17(16)21-18(24)13-12-15-8-4-3-5-9-15/h2-13H,1,14H2,(H,21,24). The maximum absolute atomic E-state index is 12.2. The van der Waals surface area contributed by atoms with E-state index in [1.54, 1.807) is 18.2 Å². The molecule has 5 nitrogen and oxygen atoms in total. The molecule has 26 heavy (non-hydrogen) atoms. The number of anilines is 1. The Labute approximate surface area is 155 Å². The van der Waals surface area contributed by atoms with E-state index in [4.69, 9.17) is 4.42 Å². The second-order valence-electron chi connectivity index (χ2n) is 5.25. The van der Waals surface area contributed by atoms with Crippen molar-refractivity contribution in [1.29, 1.82) is 0 Å². The summed E-state index contributed by atoms with van der Waals surface area (Å²) in [6.07, 6.45) is 5.02. The third kappa shape index (κ3) is 4.70. The molecule has 0 saturated carbocycles. The Kier molecular flexibility index (Phi) is 6.01. The molecule has 3 rings (SSSR count). The highest BCUT2D eigenvalue weighted by atomic mass is 32.2. The molecular formula is C20H17N3O2S. The smallest absolute Gasteiger partial charge is 0.277 e. The average molecular weight is 363 g/mol. The van der Waals surface area contributed by atoms with Crippen LogP contribution in [0.4, 0.5) is 5.69 Å². The van der Waals surface area contributed by atoms with Crippen molar-refractivity contribution in [2.45, 2.75) is 5.22 Å². The summed E-state index contributed by atoms with van der Waals surface area (Å²) in [5, 5.41) is 11.4. The first kappa shape index (κ1) is 17.7. The lowest BCUT2D eigenvalue weighted by atomic mass is 10.1. The van der Waals surface area contributed by atoms with Crippen LogP contribution in [0.15, 0.2) is 83.0 Å². The SMILES string of the molecule is C=CCSc1nnc(-c2ccccc2NC(=O)C=Cc2ccccc2)o1. The highest BCUT2D eigenvalue weighted by Crippen LogP contribution is 2.29. The number of carbonyl (C=O) groups is 1. The average Bonchev–Trinajstić information content (AvgIpc) is 3.15. The number of hydrogen-bond acceptors (Lipinski definition) is 5. The molecule has 1 N–H and O–H groups in total. The Balaban J connectivity index is 1.74. The van der Waals surface area contributed by atoms with Crippen molar-refractivity contribution >= 4 is 29.4 Å². The summed E-state index contributed by atoms with van der Waals surface area (Å²) in [5.41, 5.74) is 2.24. The summed E-state index contributed by atoms with van der Waals surface area (Å²) in [5.74, 6) is 0.811. The number of para-hydroxylation sites is 1. The molecule has 0 spiro atoms. The fourth-order valence-electron chi connectivity index (χ4n) is 2.20. The van der Waals surface area contributed by atoms with Gasteiger partial charge in [-0.2, -0.15) is 0 Å². The molecule has 0 aliphatic rings. The van der Waals surface area contributed by atoms with Gasteiger partial charge in [-0.05, 0) is 23.8 Å². The van der Waals surface area contributed by atoms with Crippen LogP contribution in [0.3, 0.4) is 0 Å². The lowest BCUT2D eigenvalue weighted by molar-refractivity contribution is -0.111. The third-order valence-corrected chi connectivity index (χ3v) is 4.19. The minimum Gasteiger partial charge on any atom is -0.411 e. The molecule has 130 valence electrons. The molecule has 0 fully saturated rings. The molecule has 0 aliphatic carbocycles. The van der Waals surface area contributed by atoms with E-state index in [0.717, 1.165) is 5.56 Å². The Bertz CT molecular complexity index is 920. The minimum atomic E-state index is -0.234. The van der Waals surface area contributed by atoms with Gasteiger partial charge in [-0.25, -0.2) is 0 Å². The van der Waals surface area contributed by atoms with Gasteiger partial charge in [0.2, 0.25) is 5.91 Å². The summed E-state index contributed by atoms with van der Waals surface area (Å²) in [7, 11) is 0. The van der Waals surface area contributed by atoms with E-state index in [2.05, 4.69) is 22.1 Å². The zero-order valence-corrected chi connectivity index (χ0v) is 14.8. The van der Waals surface area contributed by atoms with Crippen LogP contribution in [0.2, 0.25) is 0 Å². The first-order valence-corrected chi connectivity index (χ1v) is 8.95. The molecule has 6 heteroatoms. The summed E-state index contributed by atoms with van der Waals surface area (Å²) in [6.45, 7) is 3.66. The first-order valence-electron chi connectivity index (χ1n) is 7.97. The molecule has 0 atom stereocenters. The highest BCUT2D eigenvalue weighted by Gasteiger charge is 2.13. The molecule has 3 aromatic rings. The monoisotopic (exact) mass is 363 g/mol. The van der Waals surface area contributed by atoms with Crippen molar-refractivity contribution in [3.63, 3.8) is 0 Å². The number of nitrogens with zero attached hydrogens (tertiary/aromatic N) is 2. The van der Waals surface area contributed by atoms with Crippen LogP contribution in [0.25, 0.3) is 17.5 Å². The highest BCUT2D eigenvalue weighted by molar-refractivity contribution is 7.99. The Morgan fingerprint density at radius 3 is 2.69 bits per heavy atom. The van der Waals surface area contributed by atoms with Crippen molar-refractivity contribution in [3.05, 3.63) is 78.9 Å². The Morgan fingerprint density at radius 1 is 1.12 bits per heavy atom. The molecule has 2 aromatic carbocycles. The van der Waals surface area contributed by atoms with Crippen LogP contribution < -0.4 is 5.32 Å². The molecule has 1 amide bonds. The largest absolute Gasteiger partial charge is 0.411 e. The number of aromatic nitrogens is 2. The predicted octanol–water partition coefficient (Wildman–Crippen LogP) is 4.67. The van der Waals surface area contributed by atoms with Crippen molar-refractivity contribution in [2.75, 3.05) is 11.1 Å². The lowest BCUT2D eigenvalue weighted by Gasteiger charge is -2.06. The normalized spacial score (nSPS) is 10.8. The van der Waals surface area contributed by atoms with Gasteiger partial charge in [0.05, 0.1) is 11.3 Å². The molecular weight excluding hydrogens is 346 g/mol. The number of rotatable bonds is 7. The molecule has 0 radical (unpaired) electrons. The Hall–Kier alpha value is -3.12. The maximum atomic E-state index is 12.2. The van der Waals surface area contributed by atoms with Crippen molar-refractivity contribution in [2.24, 2.45) is 0 Å². The summed E-state index contributed by atoms with van der Waals surface area (Å²) >= 11 is 1.40. The van der Waals surface area contributed by atoms with Crippen LogP contribution in [0.1, 0.15) is 5.56 Å². The topological polar surface area (TPSA) is 68.0 Å². The number of benzene rings is 2. The zero-order chi connectivity index (χ0) is 18.2. The Morgan fingerprint density at radius 2 is 1.88 bits per heavy atom. The summed E-state index contributed by atoms with van der Waals surface area (Å²) in [4.78, 5) is 12.2. The second-order valence-corrected chi connectivity index (χ2v) is 6.22. The van der Waals surface area contributed by atoms with E-state index >= 15 is 0 Å². The molecule has 1 heterocycles. The van der Waals surface area contributed by atoms with Crippen molar-refractivity contribution < 1.29 is 9.21 Å². The van der Waals surface area contributed by atoms with E-state index < -0.39 is 0 Å². The number of nitrogens with one attached hydrogen (secondary N) is 1.